The number of rotatable bonds is 5. The quantitative estimate of drug-likeness (QED) is 0.631. The molecule has 1 amide bonds. The van der Waals surface area contributed by atoms with Gasteiger partial charge in [0.05, 0.1) is 17.8 Å². The summed E-state index contributed by atoms with van der Waals surface area (Å²) >= 11 is 0. The fraction of sp³-hybridized carbons (Fsp3) is 0.533. The van der Waals surface area contributed by atoms with E-state index in [1.165, 1.54) is 24.8 Å². The van der Waals surface area contributed by atoms with Gasteiger partial charge in [0.15, 0.2) is 6.61 Å². The van der Waals surface area contributed by atoms with Gasteiger partial charge in [-0.25, -0.2) is 4.39 Å². The van der Waals surface area contributed by atoms with E-state index in [0.29, 0.717) is 5.56 Å². The van der Waals surface area contributed by atoms with Crippen molar-refractivity contribution in [2.45, 2.75) is 38.3 Å². The molecule has 9 heteroatoms. The number of fused-ring (bicyclic) bond motifs is 1. The van der Waals surface area contributed by atoms with Crippen molar-refractivity contribution in [2.24, 2.45) is 0 Å². The van der Waals surface area contributed by atoms with Crippen LogP contribution >= 0.6 is 0 Å². The largest absolute Gasteiger partial charge is 0.482 e. The molecule has 0 aromatic heterocycles. The summed E-state index contributed by atoms with van der Waals surface area (Å²) in [5, 5.41) is 9.62. The van der Waals surface area contributed by atoms with E-state index in [0.717, 1.165) is 6.07 Å². The van der Waals surface area contributed by atoms with Gasteiger partial charge >= 0.3 is 6.18 Å². The first-order chi connectivity index (χ1) is 10.9. The molecule has 1 aromatic carbocycles. The lowest BCUT2D eigenvalue weighted by atomic mass is 10.0. The molecule has 1 aliphatic heterocycles. The molecular weight excluding hydrogens is 332 g/mol. The van der Waals surface area contributed by atoms with Gasteiger partial charge in [-0.3, -0.25) is 4.79 Å². The summed E-state index contributed by atoms with van der Waals surface area (Å²) in [5.41, 5.74) is 4.58. The predicted octanol–water partition coefficient (Wildman–Crippen LogP) is 2.27. The molecule has 0 radical (unpaired) electrons. The second-order valence-electron chi connectivity index (χ2n) is 6.26. The van der Waals surface area contributed by atoms with Gasteiger partial charge in [0.1, 0.15) is 11.9 Å². The number of hydrogen-bond donors (Lipinski definition) is 2. The molecule has 0 fully saturated rings. The van der Waals surface area contributed by atoms with Crippen LogP contribution in [0.25, 0.3) is 0 Å². The Balaban J connectivity index is 2.17. The minimum absolute atomic E-state index is 0.0352. The fourth-order valence-corrected chi connectivity index (χ4v) is 2.27. The molecule has 2 rings (SSSR count). The Morgan fingerprint density at radius 2 is 2.00 bits per heavy atom. The van der Waals surface area contributed by atoms with Crippen molar-refractivity contribution >= 4 is 11.6 Å². The molecule has 24 heavy (non-hydrogen) atoms. The smallest absolute Gasteiger partial charge is 0.422 e. The van der Waals surface area contributed by atoms with Crippen molar-refractivity contribution in [3.8, 4) is 5.75 Å². The fourth-order valence-electron chi connectivity index (χ4n) is 2.27. The van der Waals surface area contributed by atoms with E-state index in [1.54, 1.807) is 0 Å². The van der Waals surface area contributed by atoms with E-state index in [-0.39, 0.29) is 30.1 Å². The number of anilines is 1. The summed E-state index contributed by atoms with van der Waals surface area (Å²) in [7, 11) is 0. The maximum absolute atomic E-state index is 14.0. The molecule has 1 heterocycles. The van der Waals surface area contributed by atoms with Gasteiger partial charge in [0, 0.05) is 12.1 Å². The van der Waals surface area contributed by atoms with E-state index < -0.39 is 30.5 Å². The van der Waals surface area contributed by atoms with Gasteiger partial charge in [-0.2, -0.15) is 13.2 Å². The molecule has 0 spiro atoms. The van der Waals surface area contributed by atoms with Gasteiger partial charge in [-0.15, -0.1) is 0 Å². The lowest BCUT2D eigenvalue weighted by molar-refractivity contribution is -0.153. The molecule has 1 atom stereocenters. The van der Waals surface area contributed by atoms with Gasteiger partial charge in [-0.1, -0.05) is 0 Å². The van der Waals surface area contributed by atoms with Crippen LogP contribution in [0.2, 0.25) is 0 Å². The highest BCUT2D eigenvalue weighted by Gasteiger charge is 2.35. The lowest BCUT2D eigenvalue weighted by Crippen LogP contribution is -2.42. The molecule has 1 unspecified atom stereocenters. The average Bonchev–Trinajstić information content (AvgIpc) is 2.70. The number of carbonyl (C=O) groups excluding carboxylic acids is 1. The highest BCUT2D eigenvalue weighted by molar-refractivity contribution is 5.99. The van der Waals surface area contributed by atoms with Crippen LogP contribution in [0.15, 0.2) is 12.1 Å². The van der Waals surface area contributed by atoms with Crippen molar-refractivity contribution in [2.75, 3.05) is 18.9 Å². The van der Waals surface area contributed by atoms with E-state index in [2.05, 4.69) is 4.74 Å². The van der Waals surface area contributed by atoms with Crippen molar-refractivity contribution in [3.63, 3.8) is 0 Å². The molecule has 5 nitrogen and oxygen atoms in total. The maximum Gasteiger partial charge on any atom is 0.422 e. The van der Waals surface area contributed by atoms with Gasteiger partial charge in [-0.05, 0) is 31.5 Å². The Kier molecular flexibility index (Phi) is 4.67. The van der Waals surface area contributed by atoms with Gasteiger partial charge in [0.25, 0.3) is 5.91 Å². The van der Waals surface area contributed by atoms with E-state index in [4.69, 9.17) is 5.73 Å². The zero-order valence-corrected chi connectivity index (χ0v) is 13.2. The molecule has 0 saturated carbocycles. The summed E-state index contributed by atoms with van der Waals surface area (Å²) in [6, 6.07) is 2.48. The van der Waals surface area contributed by atoms with E-state index in [1.807, 2.05) is 0 Å². The Bertz CT molecular complexity index is 641. The van der Waals surface area contributed by atoms with Gasteiger partial charge < -0.3 is 20.5 Å². The highest BCUT2D eigenvalue weighted by Crippen LogP contribution is 2.33. The van der Waals surface area contributed by atoms with Crippen LogP contribution in [-0.2, 0) is 6.54 Å². The number of alkyl halides is 4. The third kappa shape index (κ3) is 4.08. The predicted molar refractivity (Wildman–Crippen MR) is 78.3 cm³/mol. The van der Waals surface area contributed by atoms with Crippen molar-refractivity contribution in [1.29, 1.82) is 0 Å². The second-order valence-corrected chi connectivity index (χ2v) is 6.26. The molecule has 1 aromatic rings. The third-order valence-corrected chi connectivity index (χ3v) is 3.65. The van der Waals surface area contributed by atoms with Crippen LogP contribution in [0.3, 0.4) is 0 Å². The summed E-state index contributed by atoms with van der Waals surface area (Å²) in [4.78, 5) is 13.4. The number of aliphatic hydroxyl groups is 1. The summed E-state index contributed by atoms with van der Waals surface area (Å²) in [5.74, 6) is -0.797. The van der Waals surface area contributed by atoms with Crippen LogP contribution < -0.4 is 10.5 Å². The molecule has 0 aliphatic carbocycles. The Hall–Kier alpha value is -2.03. The van der Waals surface area contributed by atoms with Crippen LogP contribution in [0.1, 0.15) is 29.8 Å². The molecular formula is C15H18F4N2O3. The number of carbonyl (C=O) groups is 1. The third-order valence-electron chi connectivity index (χ3n) is 3.65. The number of benzene rings is 1. The average molecular weight is 350 g/mol. The monoisotopic (exact) mass is 350 g/mol. The number of hydrogen-bond acceptors (Lipinski definition) is 4. The number of nitrogens with zero attached hydrogens (tertiary/aromatic N) is 1. The normalized spacial score (nSPS) is 16.3. The Labute approximate surface area is 136 Å². The second kappa shape index (κ2) is 6.12. The summed E-state index contributed by atoms with van der Waals surface area (Å²) < 4.78 is 55.3. The number of amides is 1. The number of halogens is 4. The molecule has 0 bridgehead atoms. The van der Waals surface area contributed by atoms with E-state index >= 15 is 0 Å². The van der Waals surface area contributed by atoms with Crippen LogP contribution in [0, 0.1) is 0 Å². The van der Waals surface area contributed by atoms with Gasteiger partial charge in [0.2, 0.25) is 0 Å². The first-order valence-corrected chi connectivity index (χ1v) is 7.16. The minimum atomic E-state index is -4.53. The zero-order valence-electron chi connectivity index (χ0n) is 13.2. The number of nitrogen functional groups attached to an aromatic ring is 1. The zero-order chi connectivity index (χ0) is 18.3. The highest BCUT2D eigenvalue weighted by atomic mass is 19.4. The maximum atomic E-state index is 14.0. The standard InChI is InChI=1S/C15H18F4N2O3/c1-14(2,23)12(16)6-21-5-8-3-10(20)11(4-9(8)13(21)22)24-7-15(17,18)19/h3-4,12,23H,5-7,20H2,1-2H3. The van der Waals surface area contributed by atoms with Crippen LogP contribution in [0.5, 0.6) is 5.75 Å². The Morgan fingerprint density at radius 3 is 2.54 bits per heavy atom. The lowest BCUT2D eigenvalue weighted by Gasteiger charge is -2.26. The minimum Gasteiger partial charge on any atom is -0.482 e. The van der Waals surface area contributed by atoms with Crippen molar-refractivity contribution in [3.05, 3.63) is 23.3 Å². The van der Waals surface area contributed by atoms with Crippen LogP contribution in [0.4, 0.5) is 23.2 Å². The molecule has 1 aliphatic rings. The summed E-state index contributed by atoms with van der Waals surface area (Å²) in [6.07, 6.45) is -6.20. The Morgan fingerprint density at radius 1 is 1.38 bits per heavy atom. The SMILES string of the molecule is CC(C)(O)C(F)CN1Cc2cc(N)c(OCC(F)(F)F)cc2C1=O. The van der Waals surface area contributed by atoms with Crippen molar-refractivity contribution < 1.29 is 32.2 Å². The van der Waals surface area contributed by atoms with Crippen LogP contribution in [-0.4, -0.2) is 47.0 Å². The molecule has 0 saturated heterocycles. The van der Waals surface area contributed by atoms with E-state index in [9.17, 15) is 27.5 Å². The first kappa shape index (κ1) is 18.3. The topological polar surface area (TPSA) is 75.8 Å². The first-order valence-electron chi connectivity index (χ1n) is 7.16. The summed E-state index contributed by atoms with van der Waals surface area (Å²) in [6.45, 7) is 0.766. The molecule has 3 N–H and O–H groups in total. The van der Waals surface area contributed by atoms with Crippen molar-refractivity contribution in [1.82, 2.24) is 4.90 Å². The number of nitrogens with two attached hydrogens (primary N) is 1. The number of ether oxygens (including phenoxy) is 1. The molecule has 134 valence electrons.